The van der Waals surface area contributed by atoms with Crippen LogP contribution in [0.3, 0.4) is 0 Å². The summed E-state index contributed by atoms with van der Waals surface area (Å²) in [5.74, 6) is -3.64. The van der Waals surface area contributed by atoms with Gasteiger partial charge in [0.05, 0.1) is 17.5 Å². The number of carboxylic acids is 1. The molecule has 0 bridgehead atoms. The molecule has 1 aromatic carbocycles. The van der Waals surface area contributed by atoms with Gasteiger partial charge in [0.2, 0.25) is 5.91 Å². The summed E-state index contributed by atoms with van der Waals surface area (Å²) in [6.45, 7) is 2.34. The Labute approximate surface area is 132 Å². The van der Waals surface area contributed by atoms with E-state index in [0.29, 0.717) is 0 Å². The van der Waals surface area contributed by atoms with Gasteiger partial charge in [-0.15, -0.1) is 0 Å². The summed E-state index contributed by atoms with van der Waals surface area (Å²) in [6.07, 6.45) is -0.895. The van der Waals surface area contributed by atoms with Crippen LogP contribution < -0.4 is 5.32 Å². The molecule has 0 spiro atoms. The topological polar surface area (TPSA) is 124 Å². The Morgan fingerprint density at radius 1 is 1.35 bits per heavy atom. The fourth-order valence-electron chi connectivity index (χ4n) is 2.13. The average Bonchev–Trinajstić information content (AvgIpc) is 2.42. The number of halogens is 1. The largest absolute Gasteiger partial charge is 0.481 e. The Hall–Kier alpha value is -1.76. The van der Waals surface area contributed by atoms with E-state index in [2.05, 4.69) is 5.32 Å². The van der Waals surface area contributed by atoms with E-state index in [1.54, 1.807) is 0 Å². The minimum absolute atomic E-state index is 0.163. The molecular formula is C14H19FNO6P. The smallest absolute Gasteiger partial charge is 0.326 e. The van der Waals surface area contributed by atoms with E-state index in [1.807, 2.05) is 0 Å². The minimum Gasteiger partial charge on any atom is -0.481 e. The molecule has 0 aliphatic rings. The van der Waals surface area contributed by atoms with Crippen molar-refractivity contribution in [2.45, 2.75) is 19.3 Å². The van der Waals surface area contributed by atoms with Crippen LogP contribution in [-0.2, 0) is 19.6 Å². The number of carboxylic acid groups (broad SMARTS) is 1. The van der Waals surface area contributed by atoms with Gasteiger partial charge in [-0.3, -0.25) is 14.2 Å². The highest BCUT2D eigenvalue weighted by atomic mass is 31.2. The summed E-state index contributed by atoms with van der Waals surface area (Å²) in [5.41, 5.74) is -1.99. The number of aliphatic carboxylic acids is 1. The van der Waals surface area contributed by atoms with Crippen molar-refractivity contribution in [1.82, 2.24) is 5.32 Å². The maximum atomic E-state index is 14.0. The predicted molar refractivity (Wildman–Crippen MR) is 80.5 cm³/mol. The second-order valence-electron chi connectivity index (χ2n) is 5.58. The zero-order valence-corrected chi connectivity index (χ0v) is 13.6. The Morgan fingerprint density at radius 3 is 2.39 bits per heavy atom. The molecule has 23 heavy (non-hydrogen) atoms. The monoisotopic (exact) mass is 347 g/mol. The van der Waals surface area contributed by atoms with Crippen LogP contribution >= 0.6 is 7.60 Å². The summed E-state index contributed by atoms with van der Waals surface area (Å²) in [4.78, 5) is 41.7. The first-order chi connectivity index (χ1) is 10.5. The van der Waals surface area contributed by atoms with Crippen LogP contribution in [0.25, 0.3) is 0 Å². The molecule has 0 saturated carbocycles. The molecule has 0 aromatic heterocycles. The Morgan fingerprint density at radius 2 is 1.91 bits per heavy atom. The Kier molecular flexibility index (Phi) is 6.04. The first kappa shape index (κ1) is 19.3. The second-order valence-corrected chi connectivity index (χ2v) is 7.23. The zero-order chi connectivity index (χ0) is 17.8. The van der Waals surface area contributed by atoms with Gasteiger partial charge in [0.25, 0.3) is 0 Å². The van der Waals surface area contributed by atoms with Crippen molar-refractivity contribution in [3.05, 3.63) is 35.6 Å². The van der Waals surface area contributed by atoms with Gasteiger partial charge in [-0.25, -0.2) is 4.39 Å². The quantitative estimate of drug-likeness (QED) is 0.548. The van der Waals surface area contributed by atoms with E-state index in [9.17, 15) is 28.3 Å². The molecule has 0 radical (unpaired) electrons. The van der Waals surface area contributed by atoms with Crippen LogP contribution in [0.15, 0.2) is 24.3 Å². The highest BCUT2D eigenvalue weighted by Crippen LogP contribution is 2.44. The number of benzene rings is 1. The van der Waals surface area contributed by atoms with Crippen LogP contribution in [-0.4, -0.2) is 39.5 Å². The van der Waals surface area contributed by atoms with Gasteiger partial charge in [0.15, 0.2) is 0 Å². The lowest BCUT2D eigenvalue weighted by Gasteiger charge is -2.29. The third-order valence-electron chi connectivity index (χ3n) is 3.48. The van der Waals surface area contributed by atoms with Gasteiger partial charge < -0.3 is 20.2 Å². The lowest BCUT2D eigenvalue weighted by molar-refractivity contribution is -0.141. The van der Waals surface area contributed by atoms with Gasteiger partial charge in [0.1, 0.15) is 5.82 Å². The number of hydrogen-bond donors (Lipinski definition) is 4. The zero-order valence-electron chi connectivity index (χ0n) is 12.7. The third-order valence-corrected chi connectivity index (χ3v) is 4.53. The number of carbonyl (C=O) groups excluding carboxylic acids is 1. The summed E-state index contributed by atoms with van der Waals surface area (Å²) >= 11 is 0. The van der Waals surface area contributed by atoms with Gasteiger partial charge in [-0.2, -0.15) is 0 Å². The number of hydrogen-bond acceptors (Lipinski definition) is 3. The molecule has 4 N–H and O–H groups in total. The molecule has 1 rings (SSSR count). The van der Waals surface area contributed by atoms with E-state index in [-0.39, 0.29) is 12.1 Å². The Bertz CT molecular complexity index is 646. The third kappa shape index (κ3) is 5.13. The summed E-state index contributed by atoms with van der Waals surface area (Å²) < 4.78 is 25.4. The van der Waals surface area contributed by atoms with Crippen LogP contribution in [0, 0.1) is 11.7 Å². The molecule has 0 aliphatic carbocycles. The van der Waals surface area contributed by atoms with Crippen molar-refractivity contribution >= 4 is 19.5 Å². The van der Waals surface area contributed by atoms with Gasteiger partial charge in [-0.1, -0.05) is 25.1 Å². The lowest BCUT2D eigenvalue weighted by Crippen LogP contribution is -2.47. The minimum atomic E-state index is -4.64. The molecular weight excluding hydrogens is 328 g/mol. The summed E-state index contributed by atoms with van der Waals surface area (Å²) in [7, 11) is -4.64. The average molecular weight is 347 g/mol. The molecule has 2 atom stereocenters. The second kappa shape index (κ2) is 7.21. The SMILES string of the molecule is CC(CNC(=O)C(C)(CP(=O)(O)O)c1ccccc1F)C(=O)O. The van der Waals surface area contributed by atoms with Gasteiger partial charge >= 0.3 is 13.6 Å². The van der Waals surface area contributed by atoms with E-state index in [0.717, 1.165) is 6.07 Å². The first-order valence-corrected chi connectivity index (χ1v) is 8.58. The van der Waals surface area contributed by atoms with Crippen LogP contribution in [0.2, 0.25) is 0 Å². The number of nitrogens with one attached hydrogen (secondary N) is 1. The van der Waals surface area contributed by atoms with Crippen molar-refractivity contribution in [3.63, 3.8) is 0 Å². The molecule has 0 fully saturated rings. The van der Waals surface area contributed by atoms with Crippen molar-refractivity contribution in [2.24, 2.45) is 5.92 Å². The molecule has 7 nitrogen and oxygen atoms in total. The maximum absolute atomic E-state index is 14.0. The van der Waals surface area contributed by atoms with Crippen molar-refractivity contribution in [1.29, 1.82) is 0 Å². The van der Waals surface area contributed by atoms with E-state index in [1.165, 1.54) is 32.0 Å². The number of rotatable bonds is 7. The molecule has 0 aliphatic heterocycles. The molecule has 128 valence electrons. The van der Waals surface area contributed by atoms with E-state index >= 15 is 0 Å². The van der Waals surface area contributed by atoms with Crippen molar-refractivity contribution in [2.75, 3.05) is 12.7 Å². The molecule has 2 unspecified atom stereocenters. The van der Waals surface area contributed by atoms with Crippen LogP contribution in [0.1, 0.15) is 19.4 Å². The Balaban J connectivity index is 3.15. The summed E-state index contributed by atoms with van der Waals surface area (Å²) in [6, 6.07) is 5.19. The van der Waals surface area contributed by atoms with Crippen molar-refractivity contribution in [3.8, 4) is 0 Å². The fourth-order valence-corrected chi connectivity index (χ4v) is 3.27. The van der Waals surface area contributed by atoms with Gasteiger partial charge in [-0.05, 0) is 13.0 Å². The summed E-state index contributed by atoms with van der Waals surface area (Å²) in [5, 5.41) is 11.1. The highest BCUT2D eigenvalue weighted by molar-refractivity contribution is 7.51. The van der Waals surface area contributed by atoms with E-state index < -0.39 is 42.8 Å². The molecule has 1 amide bonds. The van der Waals surface area contributed by atoms with Crippen LogP contribution in [0.5, 0.6) is 0 Å². The lowest BCUT2D eigenvalue weighted by atomic mass is 9.83. The number of amides is 1. The molecule has 0 saturated heterocycles. The number of carbonyl (C=O) groups is 2. The standard InChI is InChI=1S/C14H19FNO6P/c1-9(12(17)18)7-16-13(19)14(2,8-23(20,21)22)10-5-3-4-6-11(10)15/h3-6,9H,7-8H2,1-2H3,(H,16,19)(H,17,18)(H2,20,21,22). The first-order valence-electron chi connectivity index (χ1n) is 6.78. The maximum Gasteiger partial charge on any atom is 0.326 e. The molecule has 0 heterocycles. The van der Waals surface area contributed by atoms with Crippen LogP contribution in [0.4, 0.5) is 4.39 Å². The normalized spacial score (nSPS) is 15.5. The molecule has 9 heteroatoms. The molecule has 1 aromatic rings. The fraction of sp³-hybridized carbons (Fsp3) is 0.429. The van der Waals surface area contributed by atoms with Crippen molar-refractivity contribution < 1.29 is 33.4 Å². The highest BCUT2D eigenvalue weighted by Gasteiger charge is 2.42. The predicted octanol–water partition coefficient (Wildman–Crippen LogP) is 1.10. The van der Waals surface area contributed by atoms with E-state index in [4.69, 9.17) is 5.11 Å². The van der Waals surface area contributed by atoms with Gasteiger partial charge in [0, 0.05) is 12.1 Å².